The third kappa shape index (κ3) is 9.79. The van der Waals surface area contributed by atoms with Crippen LogP contribution in [0.15, 0.2) is 0 Å². The van der Waals surface area contributed by atoms with Crippen molar-refractivity contribution < 1.29 is 21.6 Å². The fraction of sp³-hybridized carbons (Fsp3) is 1.00. The van der Waals surface area contributed by atoms with Crippen molar-refractivity contribution in [3.63, 3.8) is 0 Å². The van der Waals surface area contributed by atoms with E-state index in [0.29, 0.717) is 0 Å². The van der Waals surface area contributed by atoms with Crippen molar-refractivity contribution in [1.29, 1.82) is 0 Å². The Morgan fingerprint density at radius 2 is 1.79 bits per heavy atom. The van der Waals surface area contributed by atoms with Crippen molar-refractivity contribution in [1.82, 2.24) is 0 Å². The second kappa shape index (κ2) is 4.97. The Balaban J connectivity index is 3.73. The Hall–Kier alpha value is -0.300. The molecule has 0 fully saturated rings. The van der Waals surface area contributed by atoms with E-state index in [4.69, 9.17) is 5.73 Å². The molecule has 0 heterocycles. The molecule has 3 nitrogen and oxygen atoms in total. The van der Waals surface area contributed by atoms with E-state index in [1.165, 1.54) is 0 Å². The second-order valence-corrected chi connectivity index (χ2v) is 5.59. The van der Waals surface area contributed by atoms with E-state index in [0.717, 1.165) is 6.26 Å². The molecule has 0 aliphatic rings. The lowest BCUT2D eigenvalue weighted by Crippen LogP contribution is -2.25. The van der Waals surface area contributed by atoms with Gasteiger partial charge in [0.1, 0.15) is 9.84 Å². The van der Waals surface area contributed by atoms with Crippen molar-refractivity contribution in [3.8, 4) is 0 Å². The maximum absolute atomic E-state index is 11.7. The minimum Gasteiger partial charge on any atom is -0.328 e. The van der Waals surface area contributed by atoms with E-state index < -0.39 is 28.5 Å². The zero-order valence-electron chi connectivity index (χ0n) is 7.84. The Morgan fingerprint density at radius 3 is 2.14 bits per heavy atom. The number of alkyl halides is 3. The first-order valence-electron chi connectivity index (χ1n) is 4.10. The third-order valence-corrected chi connectivity index (χ3v) is 2.64. The topological polar surface area (TPSA) is 60.2 Å². The van der Waals surface area contributed by atoms with Gasteiger partial charge in [0.05, 0.1) is 5.75 Å². The van der Waals surface area contributed by atoms with Gasteiger partial charge in [0.15, 0.2) is 0 Å². The molecule has 0 saturated heterocycles. The first-order valence-corrected chi connectivity index (χ1v) is 6.16. The average molecular weight is 233 g/mol. The average Bonchev–Trinajstić information content (AvgIpc) is 1.94. The first-order chi connectivity index (χ1) is 6.10. The van der Waals surface area contributed by atoms with E-state index in [2.05, 4.69) is 0 Å². The fourth-order valence-electron chi connectivity index (χ4n) is 0.859. The maximum atomic E-state index is 11.7. The Labute approximate surface area is 81.4 Å². The van der Waals surface area contributed by atoms with Gasteiger partial charge in [-0.1, -0.05) is 0 Å². The van der Waals surface area contributed by atoms with Gasteiger partial charge in [-0.15, -0.1) is 0 Å². The second-order valence-electron chi connectivity index (χ2n) is 3.33. The van der Waals surface area contributed by atoms with E-state index in [-0.39, 0.29) is 18.6 Å². The minimum absolute atomic E-state index is 0.0783. The lowest BCUT2D eigenvalue weighted by Gasteiger charge is -2.12. The molecule has 0 aromatic carbocycles. The summed E-state index contributed by atoms with van der Waals surface area (Å²) in [6, 6.07) is -0.702. The van der Waals surface area contributed by atoms with Gasteiger partial charge < -0.3 is 5.73 Å². The highest BCUT2D eigenvalue weighted by atomic mass is 32.2. The molecule has 0 aromatic rings. The zero-order chi connectivity index (χ0) is 11.4. The van der Waals surface area contributed by atoms with E-state index in [1.807, 2.05) is 0 Å². The monoisotopic (exact) mass is 233 g/mol. The van der Waals surface area contributed by atoms with Crippen LogP contribution in [0.1, 0.15) is 19.3 Å². The summed E-state index contributed by atoms with van der Waals surface area (Å²) in [7, 11) is -3.13. The SMILES string of the molecule is CS(=O)(=O)CCC(N)CCC(F)(F)F. The van der Waals surface area contributed by atoms with Crippen molar-refractivity contribution >= 4 is 9.84 Å². The molecule has 0 aliphatic heterocycles. The minimum atomic E-state index is -4.22. The quantitative estimate of drug-likeness (QED) is 0.773. The summed E-state index contributed by atoms with van der Waals surface area (Å²) in [5, 5.41) is 0. The molecule has 86 valence electrons. The molecule has 0 aliphatic carbocycles. The van der Waals surface area contributed by atoms with E-state index in [9.17, 15) is 21.6 Å². The van der Waals surface area contributed by atoms with Crippen molar-refractivity contribution in [3.05, 3.63) is 0 Å². The van der Waals surface area contributed by atoms with Crippen molar-refractivity contribution in [2.45, 2.75) is 31.5 Å². The van der Waals surface area contributed by atoms with Gasteiger partial charge in [-0.3, -0.25) is 0 Å². The molecule has 0 radical (unpaired) electrons. The van der Waals surface area contributed by atoms with Crippen LogP contribution in [0.2, 0.25) is 0 Å². The number of hydrogen-bond acceptors (Lipinski definition) is 3. The largest absolute Gasteiger partial charge is 0.389 e. The van der Waals surface area contributed by atoms with Gasteiger partial charge in [-0.25, -0.2) is 8.42 Å². The zero-order valence-corrected chi connectivity index (χ0v) is 8.66. The van der Waals surface area contributed by atoms with E-state index in [1.54, 1.807) is 0 Å². The molecular formula is C7H14F3NO2S. The molecule has 0 aromatic heterocycles. The van der Waals surface area contributed by atoms with Gasteiger partial charge in [0, 0.05) is 18.7 Å². The summed E-state index contributed by atoms with van der Waals surface area (Å²) in [6.45, 7) is 0. The summed E-state index contributed by atoms with van der Waals surface area (Å²) >= 11 is 0. The molecule has 0 saturated carbocycles. The van der Waals surface area contributed by atoms with Gasteiger partial charge in [-0.2, -0.15) is 13.2 Å². The van der Waals surface area contributed by atoms with Gasteiger partial charge in [0.25, 0.3) is 0 Å². The van der Waals surface area contributed by atoms with Crippen LogP contribution in [0.3, 0.4) is 0 Å². The molecule has 0 amide bonds. The predicted octanol–water partition coefficient (Wildman–Crippen LogP) is 1.09. The number of halogens is 3. The molecule has 7 heteroatoms. The van der Waals surface area contributed by atoms with Gasteiger partial charge >= 0.3 is 6.18 Å². The predicted molar refractivity (Wildman–Crippen MR) is 47.6 cm³/mol. The standard InChI is InChI=1S/C7H14F3NO2S/c1-14(12,13)5-3-6(11)2-4-7(8,9)10/h6H,2-5,11H2,1H3. The number of nitrogens with two attached hydrogens (primary N) is 1. The summed E-state index contributed by atoms with van der Waals surface area (Å²) in [5.41, 5.74) is 5.32. The first kappa shape index (κ1) is 13.7. The third-order valence-electron chi connectivity index (χ3n) is 1.66. The summed E-state index contributed by atoms with van der Waals surface area (Å²) in [4.78, 5) is 0. The molecule has 0 spiro atoms. The van der Waals surface area contributed by atoms with E-state index >= 15 is 0 Å². The highest BCUT2D eigenvalue weighted by Gasteiger charge is 2.27. The Kier molecular flexibility index (Phi) is 4.87. The summed E-state index contributed by atoms with van der Waals surface area (Å²) in [6.07, 6.45) is -4.29. The highest BCUT2D eigenvalue weighted by Crippen LogP contribution is 2.22. The van der Waals surface area contributed by atoms with Crippen LogP contribution in [0, 0.1) is 0 Å². The van der Waals surface area contributed by atoms with Crippen molar-refractivity contribution in [2.24, 2.45) is 5.73 Å². The molecule has 1 atom stereocenters. The Bertz CT molecular complexity index is 261. The van der Waals surface area contributed by atoms with Gasteiger partial charge in [-0.05, 0) is 12.8 Å². The maximum Gasteiger partial charge on any atom is 0.389 e. The molecule has 0 rings (SSSR count). The smallest absolute Gasteiger partial charge is 0.328 e. The molecule has 2 N–H and O–H groups in total. The molecule has 1 unspecified atom stereocenters. The van der Waals surface area contributed by atoms with Crippen LogP contribution in [0.4, 0.5) is 13.2 Å². The Morgan fingerprint density at radius 1 is 1.29 bits per heavy atom. The van der Waals surface area contributed by atoms with Crippen LogP contribution in [-0.2, 0) is 9.84 Å². The molecular weight excluding hydrogens is 219 g/mol. The molecule has 0 bridgehead atoms. The summed E-state index contributed by atoms with van der Waals surface area (Å²) in [5.74, 6) is -0.161. The van der Waals surface area contributed by atoms with Crippen LogP contribution in [-0.4, -0.2) is 32.6 Å². The molecule has 14 heavy (non-hydrogen) atoms. The number of sulfone groups is 1. The van der Waals surface area contributed by atoms with Crippen LogP contribution >= 0.6 is 0 Å². The fourth-order valence-corrected chi connectivity index (χ4v) is 1.59. The lowest BCUT2D eigenvalue weighted by molar-refractivity contribution is -0.136. The normalized spacial score (nSPS) is 15.5. The van der Waals surface area contributed by atoms with Crippen LogP contribution in [0.25, 0.3) is 0 Å². The highest BCUT2D eigenvalue weighted by molar-refractivity contribution is 7.90. The van der Waals surface area contributed by atoms with Crippen LogP contribution < -0.4 is 5.73 Å². The van der Waals surface area contributed by atoms with Gasteiger partial charge in [0.2, 0.25) is 0 Å². The summed E-state index contributed by atoms with van der Waals surface area (Å²) < 4.78 is 56.5. The van der Waals surface area contributed by atoms with Crippen LogP contribution in [0.5, 0.6) is 0 Å². The number of hydrogen-bond donors (Lipinski definition) is 1. The van der Waals surface area contributed by atoms with Crippen molar-refractivity contribution in [2.75, 3.05) is 12.0 Å². The lowest BCUT2D eigenvalue weighted by atomic mass is 10.1. The number of rotatable bonds is 5.